The van der Waals surface area contributed by atoms with Crippen LogP contribution in [0.3, 0.4) is 0 Å². The van der Waals surface area contributed by atoms with Gasteiger partial charge in [0.15, 0.2) is 0 Å². The van der Waals surface area contributed by atoms with Crippen molar-refractivity contribution < 1.29 is 27.5 Å². The van der Waals surface area contributed by atoms with E-state index in [0.717, 1.165) is 17.7 Å². The number of rotatable bonds is 7. The molecule has 0 fully saturated rings. The zero-order valence-electron chi connectivity index (χ0n) is 20.2. The molecule has 1 atom stereocenters. The number of carbonyl (C=O) groups excluding carboxylic acids is 2. The minimum atomic E-state index is -4.42. The average Bonchev–Trinajstić information content (AvgIpc) is 3.42. The molecule has 1 N–H and O–H groups in total. The zero-order valence-corrected chi connectivity index (χ0v) is 20.2. The number of nitrogens with one attached hydrogen (secondary N) is 1. The minimum absolute atomic E-state index is 0.226. The van der Waals surface area contributed by atoms with E-state index in [1.165, 1.54) is 13.2 Å². The Morgan fingerprint density at radius 2 is 1.86 bits per heavy atom. The lowest BCUT2D eigenvalue weighted by Gasteiger charge is -2.21. The Hall–Kier alpha value is -3.82. The highest BCUT2D eigenvalue weighted by Crippen LogP contribution is 2.33. The van der Waals surface area contributed by atoms with E-state index in [9.17, 15) is 22.8 Å². The quantitative estimate of drug-likeness (QED) is 0.474. The molecule has 3 aromatic rings. The molecule has 0 unspecified atom stereocenters. The molecule has 0 saturated heterocycles. The second kappa shape index (κ2) is 10.0. The summed E-state index contributed by atoms with van der Waals surface area (Å²) in [6.07, 6.45) is -3.89. The third-order valence-electron chi connectivity index (χ3n) is 6.25. The van der Waals surface area contributed by atoms with Gasteiger partial charge in [0.1, 0.15) is 11.4 Å². The summed E-state index contributed by atoms with van der Waals surface area (Å²) >= 11 is 0. The molecule has 36 heavy (non-hydrogen) atoms. The number of nitrogens with zero attached hydrogens (tertiary/aromatic N) is 3. The number of halogens is 3. The number of hydrogen-bond donors (Lipinski definition) is 1. The Bertz CT molecular complexity index is 1270. The van der Waals surface area contributed by atoms with Gasteiger partial charge in [-0.05, 0) is 48.7 Å². The van der Waals surface area contributed by atoms with Crippen LogP contribution in [0.1, 0.15) is 63.0 Å². The van der Waals surface area contributed by atoms with Crippen LogP contribution in [0.25, 0.3) is 0 Å². The third-order valence-corrected chi connectivity index (χ3v) is 6.25. The Morgan fingerprint density at radius 1 is 1.14 bits per heavy atom. The molecule has 4 rings (SSSR count). The number of esters is 1. The Morgan fingerprint density at radius 3 is 2.50 bits per heavy atom. The fourth-order valence-electron chi connectivity index (χ4n) is 4.38. The number of aromatic nitrogens is 2. The first-order valence-corrected chi connectivity index (χ1v) is 11.6. The standard InChI is InChI=1S/C26H27F3N4O3/c1-4-21-22(23(34)30-16(2)18-8-10-19(11-9-18)25(35)36-3)24-32(12-13-33(24)31-21)15-17-6-5-7-20(14-17)26(27,28)29/h5-11,14,16H,4,12-13,15H2,1-3H3,(H,30,34)/t16-/m0/s1. The molecule has 10 heteroatoms. The Labute approximate surface area is 206 Å². The van der Waals surface area contributed by atoms with Gasteiger partial charge in [0.25, 0.3) is 5.91 Å². The van der Waals surface area contributed by atoms with Gasteiger partial charge in [-0.25, -0.2) is 9.48 Å². The summed E-state index contributed by atoms with van der Waals surface area (Å²) < 4.78 is 46.0. The maximum atomic E-state index is 13.4. The van der Waals surface area contributed by atoms with Crippen LogP contribution in [0.2, 0.25) is 0 Å². The number of alkyl halides is 3. The minimum Gasteiger partial charge on any atom is -0.465 e. The molecule has 0 saturated carbocycles. The summed E-state index contributed by atoms with van der Waals surface area (Å²) in [7, 11) is 1.31. The van der Waals surface area contributed by atoms with Crippen LogP contribution >= 0.6 is 0 Å². The van der Waals surface area contributed by atoms with E-state index in [1.54, 1.807) is 35.0 Å². The van der Waals surface area contributed by atoms with Gasteiger partial charge in [-0.15, -0.1) is 0 Å². The third kappa shape index (κ3) is 5.07. The predicted molar refractivity (Wildman–Crippen MR) is 128 cm³/mol. The molecule has 1 aliphatic heterocycles. The number of methoxy groups -OCH3 is 1. The average molecular weight is 501 g/mol. The van der Waals surface area contributed by atoms with Crippen molar-refractivity contribution in [3.05, 3.63) is 82.0 Å². The monoisotopic (exact) mass is 500 g/mol. The number of fused-ring (bicyclic) bond motifs is 1. The summed E-state index contributed by atoms with van der Waals surface area (Å²) in [5.41, 5.74) is 2.07. The molecule has 0 spiro atoms. The lowest BCUT2D eigenvalue weighted by atomic mass is 10.0. The molecule has 1 aromatic heterocycles. The second-order valence-corrected chi connectivity index (χ2v) is 8.65. The van der Waals surface area contributed by atoms with E-state index in [4.69, 9.17) is 4.74 Å². The smallest absolute Gasteiger partial charge is 0.416 e. The van der Waals surface area contributed by atoms with Crippen molar-refractivity contribution in [2.24, 2.45) is 0 Å². The van der Waals surface area contributed by atoms with Crippen LogP contribution in [-0.4, -0.2) is 35.3 Å². The Balaban J connectivity index is 1.56. The highest BCUT2D eigenvalue weighted by atomic mass is 19.4. The van der Waals surface area contributed by atoms with Gasteiger partial charge in [0.05, 0.1) is 36.5 Å². The van der Waals surface area contributed by atoms with Crippen molar-refractivity contribution in [2.45, 2.75) is 45.6 Å². The van der Waals surface area contributed by atoms with E-state index < -0.39 is 17.7 Å². The van der Waals surface area contributed by atoms with Crippen LogP contribution in [0.4, 0.5) is 19.0 Å². The van der Waals surface area contributed by atoms with Gasteiger partial charge >= 0.3 is 12.1 Å². The van der Waals surface area contributed by atoms with Crippen molar-refractivity contribution in [2.75, 3.05) is 18.6 Å². The number of hydrogen-bond acceptors (Lipinski definition) is 5. The van der Waals surface area contributed by atoms with E-state index in [1.807, 2.05) is 18.7 Å². The van der Waals surface area contributed by atoms with Crippen molar-refractivity contribution in [1.82, 2.24) is 15.1 Å². The van der Waals surface area contributed by atoms with Crippen molar-refractivity contribution >= 4 is 17.7 Å². The summed E-state index contributed by atoms with van der Waals surface area (Å²) in [5, 5.41) is 7.58. The van der Waals surface area contributed by atoms with E-state index in [0.29, 0.717) is 47.7 Å². The molecule has 1 aliphatic rings. The molecule has 190 valence electrons. The van der Waals surface area contributed by atoms with Gasteiger partial charge in [0.2, 0.25) is 0 Å². The number of amides is 1. The van der Waals surface area contributed by atoms with Crippen LogP contribution in [0.5, 0.6) is 0 Å². The van der Waals surface area contributed by atoms with Crippen molar-refractivity contribution in [3.8, 4) is 0 Å². The van der Waals surface area contributed by atoms with Crippen LogP contribution in [0, 0.1) is 0 Å². The highest BCUT2D eigenvalue weighted by Gasteiger charge is 2.33. The number of ether oxygens (including phenoxy) is 1. The first kappa shape index (κ1) is 25.3. The summed E-state index contributed by atoms with van der Waals surface area (Å²) in [6, 6.07) is 11.6. The van der Waals surface area contributed by atoms with Gasteiger partial charge in [0, 0.05) is 13.1 Å². The fourth-order valence-corrected chi connectivity index (χ4v) is 4.38. The Kier molecular flexibility index (Phi) is 7.05. The molecule has 0 aliphatic carbocycles. The molecule has 7 nitrogen and oxygen atoms in total. The summed E-state index contributed by atoms with van der Waals surface area (Å²) in [4.78, 5) is 27.0. The molecule has 2 aromatic carbocycles. The van der Waals surface area contributed by atoms with Crippen LogP contribution < -0.4 is 10.2 Å². The first-order chi connectivity index (χ1) is 17.1. The van der Waals surface area contributed by atoms with Crippen LogP contribution in [-0.2, 0) is 30.4 Å². The molecule has 0 radical (unpaired) electrons. The molecule has 2 heterocycles. The second-order valence-electron chi connectivity index (χ2n) is 8.65. The number of carbonyl (C=O) groups is 2. The van der Waals surface area contributed by atoms with Gasteiger partial charge in [-0.1, -0.05) is 31.2 Å². The van der Waals surface area contributed by atoms with E-state index >= 15 is 0 Å². The number of benzene rings is 2. The first-order valence-electron chi connectivity index (χ1n) is 11.6. The number of anilines is 1. The maximum absolute atomic E-state index is 13.4. The molecular weight excluding hydrogens is 473 g/mol. The summed E-state index contributed by atoms with van der Waals surface area (Å²) in [5.74, 6) is -0.147. The topological polar surface area (TPSA) is 76.5 Å². The van der Waals surface area contributed by atoms with Crippen molar-refractivity contribution in [1.29, 1.82) is 0 Å². The van der Waals surface area contributed by atoms with Crippen LogP contribution in [0.15, 0.2) is 48.5 Å². The molecule has 0 bridgehead atoms. The number of aryl methyl sites for hydroxylation is 1. The predicted octanol–water partition coefficient (Wildman–Crippen LogP) is 4.76. The van der Waals surface area contributed by atoms with E-state index in [-0.39, 0.29) is 18.5 Å². The highest BCUT2D eigenvalue weighted by molar-refractivity contribution is 6.00. The zero-order chi connectivity index (χ0) is 26.0. The van der Waals surface area contributed by atoms with E-state index in [2.05, 4.69) is 10.4 Å². The largest absolute Gasteiger partial charge is 0.465 e. The molecular formula is C26H27F3N4O3. The lowest BCUT2D eigenvalue weighted by Crippen LogP contribution is -2.30. The maximum Gasteiger partial charge on any atom is 0.416 e. The lowest BCUT2D eigenvalue weighted by molar-refractivity contribution is -0.137. The van der Waals surface area contributed by atoms with Gasteiger partial charge in [-0.2, -0.15) is 18.3 Å². The normalized spacial score (nSPS) is 13.9. The molecule has 1 amide bonds. The van der Waals surface area contributed by atoms with Crippen molar-refractivity contribution in [3.63, 3.8) is 0 Å². The van der Waals surface area contributed by atoms with Gasteiger partial charge in [-0.3, -0.25) is 4.79 Å². The van der Waals surface area contributed by atoms with Gasteiger partial charge < -0.3 is 15.0 Å². The SMILES string of the molecule is CCc1nn2c(c1C(=O)N[C@@H](C)c1ccc(C(=O)OC)cc1)N(Cc1cccc(C(F)(F)F)c1)CC2. The summed E-state index contributed by atoms with van der Waals surface area (Å²) in [6.45, 7) is 5.04. The fraction of sp³-hybridized carbons (Fsp3) is 0.346.